The van der Waals surface area contributed by atoms with E-state index >= 15 is 0 Å². The average molecular weight is 902 g/mol. The molecular weight excluding hydrogens is 823 g/mol. The molecule has 3 heterocycles. The number of nitrogens with zero attached hydrogens (tertiary/aromatic N) is 1. The predicted octanol–water partition coefficient (Wildman–Crippen LogP) is 5.75. The standard InChI is InChI=1S/C50H79NO13/c1-29-15-11-10-12-16-30(2)40(53)27-37-20-18-35(7)50(60,64-37)47(57)48(58)51-22-14-13-17-38(51)49(59)63-42(32(4)25-36-19-21-39(52)43(26-36)61-8)28-41(54)31(3)24-34(6)45(56)46(62-9)44(55)33(5)23-29/h11,15-16,24,29,31-33,35-40,42-43,45-46,52-53,56,60H,10,12-14,17-23,25-28H2,1-9H3/b15-11+,30-16+,34-24?/t29-,31-,32-,33-,35-,36-,37+,38+,39-,40+,42+,43-,45-,46+,50-/m1/s1. The van der Waals surface area contributed by atoms with Crippen molar-refractivity contribution in [3.05, 3.63) is 35.5 Å². The Kier molecular flexibility index (Phi) is 20.6. The molecule has 1 saturated carbocycles. The SMILES string of the molecule is CO[C@@H]1C[C@@H](C[C@@H](C)[C@@H]2CC(=O)[C@H](C)C=C(C)[C@@H](O)[C@@H](OC)C(=O)[C@H](C)C[C@H](C)/C=C/CC/C=C(\C)[C@@H](O)C[C@@H]3CC[C@@H](C)[C@@](O)(O3)C(=O)C(=O)N3CCCC[C@H]3C(=O)O2)CC[C@H]1O. The molecule has 0 spiro atoms. The summed E-state index contributed by atoms with van der Waals surface area (Å²) in [6, 6.07) is -1.15. The van der Waals surface area contributed by atoms with Gasteiger partial charge in [0.25, 0.3) is 11.7 Å². The molecule has 3 aliphatic heterocycles. The van der Waals surface area contributed by atoms with E-state index in [1.54, 1.807) is 34.0 Å². The van der Waals surface area contributed by atoms with Gasteiger partial charge in [0.2, 0.25) is 5.79 Å². The zero-order valence-electron chi connectivity index (χ0n) is 39.9. The summed E-state index contributed by atoms with van der Waals surface area (Å²) in [5.41, 5.74) is 1.10. The summed E-state index contributed by atoms with van der Waals surface area (Å²) in [5.74, 6) is -8.08. The van der Waals surface area contributed by atoms with Crippen molar-refractivity contribution in [1.29, 1.82) is 0 Å². The van der Waals surface area contributed by atoms with Crippen molar-refractivity contribution in [3.8, 4) is 0 Å². The van der Waals surface area contributed by atoms with Gasteiger partial charge in [-0.3, -0.25) is 19.2 Å². The second kappa shape index (κ2) is 24.6. The van der Waals surface area contributed by atoms with Crippen LogP contribution >= 0.6 is 0 Å². The van der Waals surface area contributed by atoms with E-state index < -0.39 is 83.9 Å². The van der Waals surface area contributed by atoms with E-state index in [-0.39, 0.29) is 61.2 Å². The molecule has 2 bridgehead atoms. The first-order valence-corrected chi connectivity index (χ1v) is 23.9. The van der Waals surface area contributed by atoms with E-state index in [2.05, 4.69) is 0 Å². The third-order valence-electron chi connectivity index (χ3n) is 14.5. The van der Waals surface area contributed by atoms with Crippen LogP contribution in [0.1, 0.15) is 138 Å². The number of fused-ring (bicyclic) bond motifs is 3. The number of ketones is 3. The highest BCUT2D eigenvalue weighted by Gasteiger charge is 2.53. The molecule has 4 rings (SSSR count). The summed E-state index contributed by atoms with van der Waals surface area (Å²) in [5, 5.41) is 44.8. The van der Waals surface area contributed by atoms with Crippen molar-refractivity contribution in [2.75, 3.05) is 20.8 Å². The maximum Gasteiger partial charge on any atom is 0.329 e. The zero-order chi connectivity index (χ0) is 47.5. The Morgan fingerprint density at radius 1 is 0.875 bits per heavy atom. The summed E-state index contributed by atoms with van der Waals surface area (Å²) >= 11 is 0. The fourth-order valence-corrected chi connectivity index (χ4v) is 10.1. The molecule has 0 aromatic carbocycles. The monoisotopic (exact) mass is 902 g/mol. The average Bonchev–Trinajstić information content (AvgIpc) is 3.26. The maximum absolute atomic E-state index is 14.3. The van der Waals surface area contributed by atoms with Gasteiger partial charge in [-0.2, -0.15) is 0 Å². The molecular formula is C50H79NO13. The summed E-state index contributed by atoms with van der Waals surface area (Å²) < 4.78 is 23.4. The van der Waals surface area contributed by atoms with E-state index in [4.69, 9.17) is 18.9 Å². The molecule has 1 amide bonds. The van der Waals surface area contributed by atoms with Gasteiger partial charge in [-0.1, -0.05) is 58.9 Å². The van der Waals surface area contributed by atoms with Crippen LogP contribution in [0, 0.1) is 35.5 Å². The third kappa shape index (κ3) is 14.0. The number of ether oxygens (including phenoxy) is 4. The van der Waals surface area contributed by atoms with Gasteiger partial charge in [0, 0.05) is 51.4 Å². The van der Waals surface area contributed by atoms with Gasteiger partial charge >= 0.3 is 5.97 Å². The molecule has 2 saturated heterocycles. The van der Waals surface area contributed by atoms with E-state index in [1.165, 1.54) is 12.0 Å². The number of esters is 1. The summed E-state index contributed by atoms with van der Waals surface area (Å²) in [4.78, 5) is 71.5. The first kappa shape index (κ1) is 53.5. The van der Waals surface area contributed by atoms with Crippen LogP contribution in [0.15, 0.2) is 35.5 Å². The quantitative estimate of drug-likeness (QED) is 0.148. The molecule has 0 aromatic heterocycles. The number of carbonyl (C=O) groups excluding carboxylic acids is 5. The lowest BCUT2D eigenvalue weighted by molar-refractivity contribution is -0.265. The number of methoxy groups -OCH3 is 2. The zero-order valence-corrected chi connectivity index (χ0v) is 39.9. The number of hydrogen-bond donors (Lipinski definition) is 4. The number of aliphatic hydroxyl groups excluding tert-OH is 3. The molecule has 0 aromatic rings. The Bertz CT molecular complexity index is 1690. The molecule has 0 radical (unpaired) electrons. The predicted molar refractivity (Wildman–Crippen MR) is 240 cm³/mol. The second-order valence-corrected chi connectivity index (χ2v) is 19.7. The topological polar surface area (TPSA) is 206 Å². The highest BCUT2D eigenvalue weighted by Crippen LogP contribution is 2.37. The Morgan fingerprint density at radius 2 is 1.59 bits per heavy atom. The molecule has 14 nitrogen and oxygen atoms in total. The van der Waals surface area contributed by atoms with Gasteiger partial charge in [0.1, 0.15) is 30.1 Å². The number of rotatable bonds is 5. The second-order valence-electron chi connectivity index (χ2n) is 19.7. The number of piperidine rings is 1. The van der Waals surface area contributed by atoms with Crippen LogP contribution < -0.4 is 0 Å². The fraction of sp³-hybridized carbons (Fsp3) is 0.780. The number of aliphatic hydroxyl groups is 4. The third-order valence-corrected chi connectivity index (χ3v) is 14.5. The highest BCUT2D eigenvalue weighted by molar-refractivity contribution is 6.39. The Hall–Kier alpha value is -3.11. The minimum atomic E-state index is -2.47. The van der Waals surface area contributed by atoms with Crippen molar-refractivity contribution < 1.29 is 63.3 Å². The van der Waals surface area contributed by atoms with Crippen molar-refractivity contribution >= 4 is 29.2 Å². The van der Waals surface area contributed by atoms with Crippen LogP contribution in [0.25, 0.3) is 0 Å². The largest absolute Gasteiger partial charge is 0.460 e. The van der Waals surface area contributed by atoms with Crippen molar-refractivity contribution in [2.45, 2.75) is 193 Å². The highest BCUT2D eigenvalue weighted by atomic mass is 16.6. The van der Waals surface area contributed by atoms with Crippen molar-refractivity contribution in [3.63, 3.8) is 0 Å². The van der Waals surface area contributed by atoms with Crippen LogP contribution in [0.2, 0.25) is 0 Å². The summed E-state index contributed by atoms with van der Waals surface area (Å²) in [6.07, 6.45) is 7.98. The molecule has 3 fully saturated rings. The van der Waals surface area contributed by atoms with Gasteiger partial charge in [0.05, 0.1) is 24.4 Å². The molecule has 1 aliphatic carbocycles. The first-order chi connectivity index (χ1) is 30.2. The number of hydrogen-bond acceptors (Lipinski definition) is 13. The number of allylic oxidation sites excluding steroid dienone is 4. The van der Waals surface area contributed by atoms with Crippen molar-refractivity contribution in [2.24, 2.45) is 35.5 Å². The minimum Gasteiger partial charge on any atom is -0.460 e. The van der Waals surface area contributed by atoms with Crippen LogP contribution in [-0.4, -0.2) is 130 Å². The number of cyclic esters (lactones) is 1. The Morgan fingerprint density at radius 3 is 2.28 bits per heavy atom. The Balaban J connectivity index is 1.68. The molecule has 64 heavy (non-hydrogen) atoms. The summed E-state index contributed by atoms with van der Waals surface area (Å²) in [7, 11) is 2.94. The summed E-state index contributed by atoms with van der Waals surface area (Å²) in [6.45, 7) is 12.6. The minimum absolute atomic E-state index is 0.0464. The van der Waals surface area contributed by atoms with Gasteiger partial charge in [-0.05, 0) is 120 Å². The van der Waals surface area contributed by atoms with Gasteiger partial charge in [-0.25, -0.2) is 4.79 Å². The number of carbonyl (C=O) groups is 5. The van der Waals surface area contributed by atoms with E-state index in [9.17, 15) is 44.4 Å². The molecule has 4 N–H and O–H groups in total. The van der Waals surface area contributed by atoms with Crippen LogP contribution in [0.3, 0.4) is 0 Å². The van der Waals surface area contributed by atoms with E-state index in [1.807, 2.05) is 45.9 Å². The van der Waals surface area contributed by atoms with Crippen molar-refractivity contribution in [1.82, 2.24) is 4.90 Å². The lowest BCUT2D eigenvalue weighted by atomic mass is 9.78. The number of Topliss-reactive ketones (excluding diaryl/α,β-unsaturated/α-hetero) is 3. The van der Waals surface area contributed by atoms with Crippen LogP contribution in [0.4, 0.5) is 0 Å². The lowest BCUT2D eigenvalue weighted by Crippen LogP contribution is -2.61. The fourth-order valence-electron chi connectivity index (χ4n) is 10.1. The Labute approximate surface area is 381 Å². The maximum atomic E-state index is 14.3. The molecule has 362 valence electrons. The van der Waals surface area contributed by atoms with Gasteiger partial charge in [-0.15, -0.1) is 0 Å². The normalized spacial score (nSPS) is 39.8. The van der Waals surface area contributed by atoms with Crippen LogP contribution in [-0.2, 0) is 42.9 Å². The molecule has 14 heteroatoms. The lowest BCUT2D eigenvalue weighted by Gasteiger charge is -2.42. The van der Waals surface area contributed by atoms with Gasteiger partial charge < -0.3 is 44.3 Å². The van der Waals surface area contributed by atoms with E-state index in [0.29, 0.717) is 75.4 Å². The van der Waals surface area contributed by atoms with E-state index in [0.717, 1.165) is 6.42 Å². The smallest absolute Gasteiger partial charge is 0.329 e. The molecule has 15 atom stereocenters. The molecule has 4 aliphatic rings. The number of amides is 1. The molecule has 0 unspecified atom stereocenters. The first-order valence-electron chi connectivity index (χ1n) is 23.9. The van der Waals surface area contributed by atoms with Gasteiger partial charge in [0.15, 0.2) is 5.78 Å². The van der Waals surface area contributed by atoms with Crippen LogP contribution in [0.5, 0.6) is 0 Å².